The zero-order chi connectivity index (χ0) is 16.9. The summed E-state index contributed by atoms with van der Waals surface area (Å²) in [6, 6.07) is 16.2. The molecule has 2 N–H and O–H groups in total. The van der Waals surface area contributed by atoms with Crippen LogP contribution in [0.25, 0.3) is 11.1 Å². The number of rotatable bonds is 6. The molecule has 1 amide bonds. The number of carbonyl (C=O) groups excluding carboxylic acids is 1. The summed E-state index contributed by atoms with van der Waals surface area (Å²) in [6.45, 7) is 0.197. The van der Waals surface area contributed by atoms with Gasteiger partial charge in [-0.3, -0.25) is 0 Å². The Labute approximate surface area is 146 Å². The highest BCUT2D eigenvalue weighted by Crippen LogP contribution is 2.44. The summed E-state index contributed by atoms with van der Waals surface area (Å²) in [4.78, 5) is 12.0. The predicted octanol–water partition coefficient (Wildman–Crippen LogP) is 3.25. The fourth-order valence-electron chi connectivity index (χ4n) is 3.15. The van der Waals surface area contributed by atoms with Crippen LogP contribution in [-0.2, 0) is 4.74 Å². The van der Waals surface area contributed by atoms with Gasteiger partial charge in [-0.25, -0.2) is 4.79 Å². The van der Waals surface area contributed by atoms with Gasteiger partial charge in [0.15, 0.2) is 0 Å². The van der Waals surface area contributed by atoms with Crippen LogP contribution < -0.4 is 5.32 Å². The molecule has 0 unspecified atom stereocenters. The van der Waals surface area contributed by atoms with Crippen LogP contribution in [0.1, 0.15) is 17.0 Å². The first-order chi connectivity index (χ1) is 11.7. The maximum atomic E-state index is 12.0. The molecule has 1 atom stereocenters. The van der Waals surface area contributed by atoms with E-state index in [9.17, 15) is 9.90 Å². The molecular weight excluding hydrogens is 322 g/mol. The van der Waals surface area contributed by atoms with Crippen molar-refractivity contribution in [1.29, 1.82) is 0 Å². The number of aliphatic hydroxyl groups excluding tert-OH is 1. The average molecular weight is 343 g/mol. The highest BCUT2D eigenvalue weighted by Gasteiger charge is 2.29. The topological polar surface area (TPSA) is 58.6 Å². The largest absolute Gasteiger partial charge is 0.449 e. The van der Waals surface area contributed by atoms with Gasteiger partial charge in [0.2, 0.25) is 0 Å². The van der Waals surface area contributed by atoms with E-state index >= 15 is 0 Å². The molecule has 126 valence electrons. The molecule has 0 fully saturated rings. The lowest BCUT2D eigenvalue weighted by molar-refractivity contribution is 0.134. The van der Waals surface area contributed by atoms with E-state index < -0.39 is 6.09 Å². The Bertz CT molecular complexity index is 674. The molecular formula is C19H21NO3S. The van der Waals surface area contributed by atoms with Crippen LogP contribution in [0.3, 0.4) is 0 Å². The second kappa shape index (κ2) is 7.73. The molecule has 0 bridgehead atoms. The van der Waals surface area contributed by atoms with Gasteiger partial charge in [0.25, 0.3) is 0 Å². The highest BCUT2D eigenvalue weighted by atomic mass is 32.2. The molecule has 0 saturated heterocycles. The quantitative estimate of drug-likeness (QED) is 0.845. The Hall–Kier alpha value is -1.98. The second-order valence-electron chi connectivity index (χ2n) is 5.80. The summed E-state index contributed by atoms with van der Waals surface area (Å²) in [5, 5.41) is 12.0. The fourth-order valence-corrected chi connectivity index (χ4v) is 3.74. The lowest BCUT2D eigenvalue weighted by Gasteiger charge is -2.17. The Kier molecular flexibility index (Phi) is 5.43. The molecule has 3 rings (SSSR count). The van der Waals surface area contributed by atoms with Crippen molar-refractivity contribution in [1.82, 2.24) is 5.32 Å². The first kappa shape index (κ1) is 16.9. The zero-order valence-electron chi connectivity index (χ0n) is 13.6. The summed E-state index contributed by atoms with van der Waals surface area (Å²) in [6.07, 6.45) is 1.45. The Balaban J connectivity index is 1.70. The third kappa shape index (κ3) is 3.42. The Morgan fingerprint density at radius 2 is 1.75 bits per heavy atom. The average Bonchev–Trinajstić information content (AvgIpc) is 2.93. The standard InChI is InChI=1S/C19H21NO3S/c1-24-12-13(10-21)20-19(22)23-11-18-16-8-4-2-6-14(16)15-7-3-5-9-17(15)18/h2-9,13,18,21H,10-12H2,1H3,(H,20,22)/t13-/m0/s1. The van der Waals surface area contributed by atoms with Gasteiger partial charge < -0.3 is 15.2 Å². The van der Waals surface area contributed by atoms with Crippen molar-refractivity contribution in [3.05, 3.63) is 59.7 Å². The van der Waals surface area contributed by atoms with Crippen LogP contribution >= 0.6 is 11.8 Å². The smallest absolute Gasteiger partial charge is 0.407 e. The number of aliphatic hydroxyl groups is 1. The molecule has 0 spiro atoms. The number of benzene rings is 2. The van der Waals surface area contributed by atoms with Crippen molar-refractivity contribution >= 4 is 17.9 Å². The molecule has 0 heterocycles. The van der Waals surface area contributed by atoms with E-state index in [1.54, 1.807) is 11.8 Å². The maximum Gasteiger partial charge on any atom is 0.407 e. The number of hydrogen-bond donors (Lipinski definition) is 2. The predicted molar refractivity (Wildman–Crippen MR) is 97.5 cm³/mol. The van der Waals surface area contributed by atoms with Crippen LogP contribution in [0.15, 0.2) is 48.5 Å². The molecule has 5 heteroatoms. The van der Waals surface area contributed by atoms with Crippen molar-refractivity contribution in [3.63, 3.8) is 0 Å². The lowest BCUT2D eigenvalue weighted by atomic mass is 9.98. The Morgan fingerprint density at radius 1 is 1.17 bits per heavy atom. The molecule has 2 aromatic rings. The zero-order valence-corrected chi connectivity index (χ0v) is 14.4. The fraction of sp³-hybridized carbons (Fsp3) is 0.316. The van der Waals surface area contributed by atoms with Crippen LogP contribution in [0.2, 0.25) is 0 Å². The van der Waals surface area contributed by atoms with E-state index in [1.165, 1.54) is 22.3 Å². The van der Waals surface area contributed by atoms with Crippen molar-refractivity contribution in [2.45, 2.75) is 12.0 Å². The molecule has 1 aliphatic rings. The molecule has 0 radical (unpaired) electrons. The van der Waals surface area contributed by atoms with Gasteiger partial charge in [-0.2, -0.15) is 11.8 Å². The number of carbonyl (C=O) groups is 1. The van der Waals surface area contributed by atoms with Gasteiger partial charge in [-0.05, 0) is 28.5 Å². The minimum atomic E-state index is -0.482. The summed E-state index contributed by atoms with van der Waals surface area (Å²) < 4.78 is 5.45. The number of fused-ring (bicyclic) bond motifs is 3. The molecule has 24 heavy (non-hydrogen) atoms. The number of thioether (sulfide) groups is 1. The monoisotopic (exact) mass is 343 g/mol. The van der Waals surface area contributed by atoms with Crippen molar-refractivity contribution in [2.75, 3.05) is 25.2 Å². The van der Waals surface area contributed by atoms with E-state index in [0.717, 1.165) is 0 Å². The minimum absolute atomic E-state index is 0.0521. The molecule has 0 aromatic heterocycles. The number of alkyl carbamates (subject to hydrolysis) is 1. The van der Waals surface area contributed by atoms with Crippen LogP contribution in [0.4, 0.5) is 4.79 Å². The lowest BCUT2D eigenvalue weighted by Crippen LogP contribution is -2.40. The summed E-state index contributed by atoms with van der Waals surface area (Å²) >= 11 is 1.57. The van der Waals surface area contributed by atoms with Gasteiger partial charge in [0.1, 0.15) is 6.61 Å². The molecule has 2 aromatic carbocycles. The van der Waals surface area contributed by atoms with Gasteiger partial charge in [0.05, 0.1) is 12.6 Å². The van der Waals surface area contributed by atoms with Gasteiger partial charge in [0, 0.05) is 11.7 Å². The third-order valence-electron chi connectivity index (χ3n) is 4.25. The second-order valence-corrected chi connectivity index (χ2v) is 6.72. The van der Waals surface area contributed by atoms with Crippen molar-refractivity contribution < 1.29 is 14.6 Å². The molecule has 0 aliphatic heterocycles. The number of ether oxygens (including phenoxy) is 1. The normalized spacial score (nSPS) is 13.9. The summed E-state index contributed by atoms with van der Waals surface area (Å²) in [7, 11) is 0. The van der Waals surface area contributed by atoms with Crippen molar-refractivity contribution in [2.24, 2.45) is 0 Å². The maximum absolute atomic E-state index is 12.0. The van der Waals surface area contributed by atoms with E-state index in [1.807, 2.05) is 30.5 Å². The molecule has 1 aliphatic carbocycles. The van der Waals surface area contributed by atoms with Gasteiger partial charge in [-0.15, -0.1) is 0 Å². The highest BCUT2D eigenvalue weighted by molar-refractivity contribution is 7.98. The Morgan fingerprint density at radius 3 is 2.29 bits per heavy atom. The van der Waals surface area contributed by atoms with E-state index in [0.29, 0.717) is 5.75 Å². The molecule has 4 nitrogen and oxygen atoms in total. The van der Waals surface area contributed by atoms with Crippen LogP contribution in [0, 0.1) is 0 Å². The van der Waals surface area contributed by atoms with Crippen LogP contribution in [0.5, 0.6) is 0 Å². The van der Waals surface area contributed by atoms with E-state index in [-0.39, 0.29) is 25.2 Å². The summed E-state index contributed by atoms with van der Waals surface area (Å²) in [5.41, 5.74) is 4.79. The first-order valence-corrected chi connectivity index (χ1v) is 9.35. The molecule has 0 saturated carbocycles. The number of hydrogen-bond acceptors (Lipinski definition) is 4. The van der Waals surface area contributed by atoms with E-state index in [2.05, 4.69) is 29.6 Å². The van der Waals surface area contributed by atoms with Gasteiger partial charge >= 0.3 is 6.09 Å². The van der Waals surface area contributed by atoms with E-state index in [4.69, 9.17) is 4.74 Å². The number of amides is 1. The SMILES string of the molecule is CSC[C@H](CO)NC(=O)OCC1c2ccccc2-c2ccccc21. The number of nitrogens with one attached hydrogen (secondary N) is 1. The minimum Gasteiger partial charge on any atom is -0.449 e. The summed E-state index contributed by atoms with van der Waals surface area (Å²) in [5.74, 6) is 0.706. The third-order valence-corrected chi connectivity index (χ3v) is 4.99. The van der Waals surface area contributed by atoms with Crippen LogP contribution in [-0.4, -0.2) is 42.5 Å². The van der Waals surface area contributed by atoms with Gasteiger partial charge in [-0.1, -0.05) is 48.5 Å². The first-order valence-electron chi connectivity index (χ1n) is 7.96. The van der Waals surface area contributed by atoms with Crippen molar-refractivity contribution in [3.8, 4) is 11.1 Å².